The smallest absolute Gasteiger partial charge is 0.245 e. The van der Waals surface area contributed by atoms with Crippen LogP contribution in [0.1, 0.15) is 33.1 Å². The lowest BCUT2D eigenvalue weighted by Crippen LogP contribution is -2.34. The molecule has 0 bridgehead atoms. The van der Waals surface area contributed by atoms with Crippen molar-refractivity contribution >= 4 is 10.4 Å². The molecule has 1 fully saturated rings. The largest absolute Gasteiger partial charge is 0.400 e. The molecule has 1 saturated heterocycles. The standard InChI is InChI=1S/C7H14O4S/c1-3-6-5-7(4-2)11-12(8,9)10-6/h6-7H,3-5H2,1-2H3/t6-,7-/m0/s1. The van der Waals surface area contributed by atoms with Crippen LogP contribution in [-0.2, 0) is 18.8 Å². The normalized spacial score (nSPS) is 34.8. The van der Waals surface area contributed by atoms with Gasteiger partial charge < -0.3 is 0 Å². The monoisotopic (exact) mass is 194 g/mol. The highest BCUT2D eigenvalue weighted by atomic mass is 32.3. The van der Waals surface area contributed by atoms with Crippen LogP contribution in [0, 0.1) is 0 Å². The Morgan fingerprint density at radius 2 is 1.58 bits per heavy atom. The maximum absolute atomic E-state index is 10.9. The summed E-state index contributed by atoms with van der Waals surface area (Å²) in [4.78, 5) is 0. The molecule has 0 spiro atoms. The predicted molar refractivity (Wildman–Crippen MR) is 43.9 cm³/mol. The molecule has 0 radical (unpaired) electrons. The van der Waals surface area contributed by atoms with Gasteiger partial charge in [-0.15, -0.1) is 0 Å². The van der Waals surface area contributed by atoms with Crippen LogP contribution in [0.2, 0.25) is 0 Å². The zero-order valence-electron chi connectivity index (χ0n) is 7.32. The fourth-order valence-corrected chi connectivity index (χ4v) is 2.34. The summed E-state index contributed by atoms with van der Waals surface area (Å²) in [5.74, 6) is 0. The van der Waals surface area contributed by atoms with Crippen molar-refractivity contribution < 1.29 is 16.8 Å². The average molecular weight is 194 g/mol. The Hall–Kier alpha value is -0.130. The van der Waals surface area contributed by atoms with Crippen LogP contribution in [0.4, 0.5) is 0 Å². The van der Waals surface area contributed by atoms with Gasteiger partial charge in [-0.25, -0.2) is 8.37 Å². The van der Waals surface area contributed by atoms with Crippen molar-refractivity contribution in [1.29, 1.82) is 0 Å². The molecule has 1 rings (SSSR count). The van der Waals surface area contributed by atoms with Gasteiger partial charge in [0.2, 0.25) is 0 Å². The lowest BCUT2D eigenvalue weighted by atomic mass is 10.1. The van der Waals surface area contributed by atoms with Crippen molar-refractivity contribution in [2.45, 2.75) is 45.3 Å². The van der Waals surface area contributed by atoms with E-state index in [2.05, 4.69) is 0 Å². The molecule has 0 aliphatic carbocycles. The molecule has 0 aromatic rings. The molecule has 0 unspecified atom stereocenters. The number of rotatable bonds is 2. The summed E-state index contributed by atoms with van der Waals surface area (Å²) in [7, 11) is -3.71. The minimum atomic E-state index is -3.71. The van der Waals surface area contributed by atoms with Crippen molar-refractivity contribution in [2.75, 3.05) is 0 Å². The van der Waals surface area contributed by atoms with E-state index in [1.54, 1.807) is 0 Å². The predicted octanol–water partition coefficient (Wildman–Crippen LogP) is 1.23. The first-order valence-electron chi connectivity index (χ1n) is 4.19. The topological polar surface area (TPSA) is 52.6 Å². The fraction of sp³-hybridized carbons (Fsp3) is 1.00. The molecule has 0 aromatic carbocycles. The first kappa shape index (κ1) is 9.95. The van der Waals surface area contributed by atoms with Crippen LogP contribution in [0.5, 0.6) is 0 Å². The second-order valence-electron chi connectivity index (χ2n) is 2.90. The average Bonchev–Trinajstić information content (AvgIpc) is 2.01. The molecular formula is C7H14O4S. The third-order valence-electron chi connectivity index (χ3n) is 1.94. The third-order valence-corrected chi connectivity index (χ3v) is 2.96. The molecular weight excluding hydrogens is 180 g/mol. The molecule has 12 heavy (non-hydrogen) atoms. The highest BCUT2D eigenvalue weighted by Gasteiger charge is 2.31. The molecule has 2 atom stereocenters. The summed E-state index contributed by atoms with van der Waals surface area (Å²) in [5, 5.41) is 0. The summed E-state index contributed by atoms with van der Waals surface area (Å²) >= 11 is 0. The van der Waals surface area contributed by atoms with E-state index in [-0.39, 0.29) is 12.2 Å². The molecule has 0 aromatic heterocycles. The van der Waals surface area contributed by atoms with Crippen LogP contribution in [0.25, 0.3) is 0 Å². The Morgan fingerprint density at radius 3 is 1.92 bits per heavy atom. The molecule has 4 nitrogen and oxygen atoms in total. The second-order valence-corrected chi connectivity index (χ2v) is 4.10. The lowest BCUT2D eigenvalue weighted by molar-refractivity contribution is 0.0377. The van der Waals surface area contributed by atoms with Crippen molar-refractivity contribution in [2.24, 2.45) is 0 Å². The highest BCUT2D eigenvalue weighted by Crippen LogP contribution is 2.23. The SMILES string of the molecule is CC[C@H]1C[C@H](CC)OS(=O)(=O)O1. The van der Waals surface area contributed by atoms with Crippen LogP contribution < -0.4 is 0 Å². The maximum Gasteiger partial charge on any atom is 0.400 e. The van der Waals surface area contributed by atoms with Gasteiger partial charge in [0.1, 0.15) is 0 Å². The van der Waals surface area contributed by atoms with Gasteiger partial charge >= 0.3 is 10.4 Å². The van der Waals surface area contributed by atoms with Crippen LogP contribution in [-0.4, -0.2) is 20.6 Å². The van der Waals surface area contributed by atoms with Crippen molar-refractivity contribution in [1.82, 2.24) is 0 Å². The summed E-state index contributed by atoms with van der Waals surface area (Å²) in [6.45, 7) is 3.80. The highest BCUT2D eigenvalue weighted by molar-refractivity contribution is 7.81. The van der Waals surface area contributed by atoms with E-state index in [1.807, 2.05) is 13.8 Å². The summed E-state index contributed by atoms with van der Waals surface area (Å²) in [5.41, 5.74) is 0. The van der Waals surface area contributed by atoms with Gasteiger partial charge in [-0.3, -0.25) is 0 Å². The zero-order chi connectivity index (χ0) is 9.19. The van der Waals surface area contributed by atoms with Gasteiger partial charge in [-0.1, -0.05) is 13.8 Å². The summed E-state index contributed by atoms with van der Waals surface area (Å²) < 4.78 is 31.3. The van der Waals surface area contributed by atoms with Crippen molar-refractivity contribution in [3.63, 3.8) is 0 Å². The molecule has 0 N–H and O–H groups in total. The Balaban J connectivity index is 2.66. The van der Waals surface area contributed by atoms with E-state index in [0.29, 0.717) is 19.3 Å². The number of hydrogen-bond acceptors (Lipinski definition) is 4. The van der Waals surface area contributed by atoms with Gasteiger partial charge in [0, 0.05) is 6.42 Å². The van der Waals surface area contributed by atoms with Gasteiger partial charge in [0.05, 0.1) is 12.2 Å². The molecule has 1 aliphatic heterocycles. The van der Waals surface area contributed by atoms with Crippen LogP contribution in [0.3, 0.4) is 0 Å². The van der Waals surface area contributed by atoms with E-state index in [0.717, 1.165) is 0 Å². The van der Waals surface area contributed by atoms with Gasteiger partial charge in [0.15, 0.2) is 0 Å². The molecule has 1 aliphatic rings. The quantitative estimate of drug-likeness (QED) is 0.663. The van der Waals surface area contributed by atoms with Gasteiger partial charge in [-0.05, 0) is 12.8 Å². The van der Waals surface area contributed by atoms with E-state index in [4.69, 9.17) is 8.37 Å². The fourth-order valence-electron chi connectivity index (χ4n) is 1.20. The Kier molecular flexibility index (Phi) is 3.09. The van der Waals surface area contributed by atoms with Gasteiger partial charge in [0.25, 0.3) is 0 Å². The van der Waals surface area contributed by atoms with E-state index in [1.165, 1.54) is 0 Å². The summed E-state index contributed by atoms with van der Waals surface area (Å²) in [6, 6.07) is 0. The molecule has 72 valence electrons. The van der Waals surface area contributed by atoms with Crippen molar-refractivity contribution in [3.8, 4) is 0 Å². The summed E-state index contributed by atoms with van der Waals surface area (Å²) in [6.07, 6.45) is 1.69. The third kappa shape index (κ3) is 2.43. The second kappa shape index (κ2) is 3.72. The minimum Gasteiger partial charge on any atom is -0.245 e. The Bertz CT molecular complexity index is 216. The van der Waals surface area contributed by atoms with Crippen LogP contribution >= 0.6 is 0 Å². The van der Waals surface area contributed by atoms with Crippen LogP contribution in [0.15, 0.2) is 0 Å². The number of hydrogen-bond donors (Lipinski definition) is 0. The molecule has 0 amide bonds. The Labute approximate surface area is 73.2 Å². The lowest BCUT2D eigenvalue weighted by Gasteiger charge is -2.26. The Morgan fingerprint density at radius 1 is 1.17 bits per heavy atom. The van der Waals surface area contributed by atoms with Crippen molar-refractivity contribution in [3.05, 3.63) is 0 Å². The van der Waals surface area contributed by atoms with E-state index < -0.39 is 10.4 Å². The molecule has 0 saturated carbocycles. The van der Waals surface area contributed by atoms with Gasteiger partial charge in [-0.2, -0.15) is 8.42 Å². The zero-order valence-corrected chi connectivity index (χ0v) is 8.13. The van der Waals surface area contributed by atoms with E-state index in [9.17, 15) is 8.42 Å². The maximum atomic E-state index is 10.9. The first-order valence-corrected chi connectivity index (χ1v) is 5.52. The minimum absolute atomic E-state index is 0.200. The molecule has 5 heteroatoms. The van der Waals surface area contributed by atoms with E-state index >= 15 is 0 Å². The first-order chi connectivity index (χ1) is 5.57. The molecule has 1 heterocycles.